The van der Waals surface area contributed by atoms with Crippen molar-refractivity contribution in [2.24, 2.45) is 28.2 Å². The number of primary amides is 1. The number of halogens is 4. The molecule has 11 heteroatoms. The Bertz CT molecular complexity index is 1010. The van der Waals surface area contributed by atoms with Crippen molar-refractivity contribution in [1.29, 1.82) is 0 Å². The highest BCUT2D eigenvalue weighted by Crippen LogP contribution is 2.38. The van der Waals surface area contributed by atoms with Crippen molar-refractivity contribution in [2.45, 2.75) is 57.8 Å². The first-order valence-electron chi connectivity index (χ1n) is 11.6. The molecule has 1 saturated carbocycles. The van der Waals surface area contributed by atoms with Crippen molar-refractivity contribution in [2.75, 3.05) is 6.54 Å². The molecule has 1 fully saturated rings. The molecule has 1 aliphatic rings. The van der Waals surface area contributed by atoms with Crippen LogP contribution in [-0.4, -0.2) is 29.2 Å². The molecule has 0 saturated heterocycles. The second-order valence-corrected chi connectivity index (χ2v) is 8.80. The van der Waals surface area contributed by atoms with E-state index in [0.717, 1.165) is 31.4 Å². The number of hydrazine groups is 1. The standard InChI is InChI=1S/C25H34F4N6O/c1-4-17(13-21(30)36)6-5-15(2)14-33-23(31)22(26)24(34-32)35(20-11-12-20)16(3)18-7-9-19(10-8-18)25(27,28)29/h5-10,16-17,20,34H,2,4,11-14,32H2,1,3H3,(H2,30,36)(H2,31,33)/b6-5-,24-22-. The average molecular weight is 511 g/mol. The van der Waals surface area contributed by atoms with Crippen molar-refractivity contribution in [3.05, 3.63) is 71.3 Å². The fourth-order valence-corrected chi connectivity index (χ4v) is 3.72. The number of alkyl halides is 3. The Morgan fingerprint density at radius 2 is 1.89 bits per heavy atom. The summed E-state index contributed by atoms with van der Waals surface area (Å²) in [6.45, 7) is 7.56. The zero-order chi connectivity index (χ0) is 27.0. The van der Waals surface area contributed by atoms with Crippen LogP contribution in [0.25, 0.3) is 0 Å². The van der Waals surface area contributed by atoms with E-state index in [-0.39, 0.29) is 30.7 Å². The second-order valence-electron chi connectivity index (χ2n) is 8.80. The lowest BCUT2D eigenvalue weighted by Gasteiger charge is -2.33. The average Bonchev–Trinajstić information content (AvgIpc) is 3.67. The molecule has 1 aliphatic carbocycles. The first-order valence-corrected chi connectivity index (χ1v) is 11.6. The molecule has 1 aromatic carbocycles. The summed E-state index contributed by atoms with van der Waals surface area (Å²) in [5, 5.41) is 0. The third-order valence-electron chi connectivity index (χ3n) is 5.95. The number of carbonyl (C=O) groups excluding carboxylic acids is 1. The van der Waals surface area contributed by atoms with Crippen LogP contribution in [0.2, 0.25) is 0 Å². The Hall–Kier alpha value is -3.34. The number of hydrogen-bond acceptors (Lipinski definition) is 5. The Morgan fingerprint density at radius 3 is 2.36 bits per heavy atom. The molecule has 0 heterocycles. The van der Waals surface area contributed by atoms with Crippen molar-refractivity contribution < 1.29 is 22.4 Å². The van der Waals surface area contributed by atoms with Gasteiger partial charge in [0.2, 0.25) is 11.7 Å². The van der Waals surface area contributed by atoms with Gasteiger partial charge in [0.05, 0.1) is 18.2 Å². The lowest BCUT2D eigenvalue weighted by molar-refractivity contribution is -0.137. The van der Waals surface area contributed by atoms with Crippen LogP contribution in [0.1, 0.15) is 56.7 Å². The maximum Gasteiger partial charge on any atom is 0.416 e. The number of aliphatic imine (C=N–C) groups is 1. The molecule has 0 bridgehead atoms. The number of carbonyl (C=O) groups is 1. The van der Waals surface area contributed by atoms with Crippen LogP contribution in [0.3, 0.4) is 0 Å². The highest BCUT2D eigenvalue weighted by atomic mass is 19.4. The summed E-state index contributed by atoms with van der Waals surface area (Å²) in [5.41, 5.74) is 13.8. The van der Waals surface area contributed by atoms with E-state index < -0.39 is 35.4 Å². The Labute approximate surface area is 208 Å². The zero-order valence-corrected chi connectivity index (χ0v) is 20.5. The highest BCUT2D eigenvalue weighted by Gasteiger charge is 2.37. The molecule has 36 heavy (non-hydrogen) atoms. The largest absolute Gasteiger partial charge is 0.416 e. The normalized spacial score (nSPS) is 16.9. The van der Waals surface area contributed by atoms with E-state index in [2.05, 4.69) is 17.0 Å². The van der Waals surface area contributed by atoms with Crippen LogP contribution in [0, 0.1) is 5.92 Å². The van der Waals surface area contributed by atoms with Crippen LogP contribution in [0.4, 0.5) is 17.6 Å². The van der Waals surface area contributed by atoms with Gasteiger partial charge in [-0.05, 0) is 55.4 Å². The van der Waals surface area contributed by atoms with Crippen molar-refractivity contribution in [1.82, 2.24) is 10.3 Å². The van der Waals surface area contributed by atoms with Gasteiger partial charge < -0.3 is 21.8 Å². The Kier molecular flexibility index (Phi) is 10.1. The Morgan fingerprint density at radius 1 is 1.28 bits per heavy atom. The van der Waals surface area contributed by atoms with Gasteiger partial charge in [0.1, 0.15) is 0 Å². The molecule has 1 amide bonds. The highest BCUT2D eigenvalue weighted by molar-refractivity contribution is 5.95. The molecule has 0 aromatic heterocycles. The number of rotatable bonds is 13. The van der Waals surface area contributed by atoms with E-state index in [1.165, 1.54) is 12.1 Å². The number of nitrogens with two attached hydrogens (primary N) is 3. The summed E-state index contributed by atoms with van der Waals surface area (Å²) in [6, 6.07) is 4.18. The van der Waals surface area contributed by atoms with Crippen LogP contribution in [-0.2, 0) is 11.0 Å². The van der Waals surface area contributed by atoms with E-state index >= 15 is 4.39 Å². The van der Waals surface area contributed by atoms with Gasteiger partial charge in [-0.3, -0.25) is 9.79 Å². The molecule has 7 N–H and O–H groups in total. The third-order valence-corrected chi connectivity index (χ3v) is 5.95. The summed E-state index contributed by atoms with van der Waals surface area (Å²) < 4.78 is 54.1. The molecule has 0 spiro atoms. The van der Waals surface area contributed by atoms with Crippen molar-refractivity contribution >= 4 is 11.7 Å². The molecule has 0 radical (unpaired) electrons. The van der Waals surface area contributed by atoms with Gasteiger partial charge in [-0.1, -0.05) is 37.8 Å². The molecule has 2 atom stereocenters. The number of amidine groups is 1. The first kappa shape index (κ1) is 28.9. The molecule has 0 aliphatic heterocycles. The minimum atomic E-state index is -4.45. The SMILES string of the molecule is C=C(/C=C\C(CC)CC(N)=O)CN=C(N)/C(F)=C(\NN)N(C1CC1)C(C)c1ccc(C(F)(F)F)cc1. The summed E-state index contributed by atoms with van der Waals surface area (Å²) >= 11 is 0. The van der Waals surface area contributed by atoms with Crippen LogP contribution in [0.15, 0.2) is 65.2 Å². The summed E-state index contributed by atoms with van der Waals surface area (Å²) in [6.07, 6.45) is 1.52. The van der Waals surface area contributed by atoms with E-state index in [1.54, 1.807) is 24.0 Å². The second kappa shape index (κ2) is 12.6. The fraction of sp³-hybridized carbons (Fsp3) is 0.440. The molecule has 2 unspecified atom stereocenters. The van der Waals surface area contributed by atoms with Crippen LogP contribution < -0.4 is 22.7 Å². The smallest absolute Gasteiger partial charge is 0.381 e. The minimum Gasteiger partial charge on any atom is -0.381 e. The van der Waals surface area contributed by atoms with Crippen LogP contribution in [0.5, 0.6) is 0 Å². The number of nitrogens with one attached hydrogen (secondary N) is 1. The van der Waals surface area contributed by atoms with Crippen molar-refractivity contribution in [3.63, 3.8) is 0 Å². The summed E-state index contributed by atoms with van der Waals surface area (Å²) in [5.74, 6) is 3.84. The van der Waals surface area contributed by atoms with Gasteiger partial charge in [-0.15, -0.1) is 0 Å². The number of nitrogens with zero attached hydrogens (tertiary/aromatic N) is 2. The van der Waals surface area contributed by atoms with Gasteiger partial charge in [0.15, 0.2) is 11.7 Å². The van der Waals surface area contributed by atoms with Gasteiger partial charge in [-0.2, -0.15) is 17.6 Å². The number of hydrogen-bond donors (Lipinski definition) is 4. The van der Waals surface area contributed by atoms with Gasteiger partial charge in [-0.25, -0.2) is 5.84 Å². The molecule has 7 nitrogen and oxygen atoms in total. The van der Waals surface area contributed by atoms with E-state index in [4.69, 9.17) is 17.3 Å². The topological polar surface area (TPSA) is 123 Å². The van der Waals surface area contributed by atoms with E-state index in [1.807, 2.05) is 6.92 Å². The molecular weight excluding hydrogens is 476 g/mol. The number of amides is 1. The van der Waals surface area contributed by atoms with Crippen LogP contribution >= 0.6 is 0 Å². The maximum absolute atomic E-state index is 15.4. The predicted octanol–water partition coefficient (Wildman–Crippen LogP) is 4.20. The Balaban J connectivity index is 2.21. The first-order chi connectivity index (χ1) is 16.9. The number of allylic oxidation sites excluding steroid dienone is 1. The lowest BCUT2D eigenvalue weighted by atomic mass is 10.0. The molecular formula is C25H34F4N6O. The molecule has 1 aromatic rings. The zero-order valence-electron chi connectivity index (χ0n) is 20.5. The number of benzene rings is 1. The summed E-state index contributed by atoms with van der Waals surface area (Å²) in [7, 11) is 0. The molecule has 2 rings (SSSR count). The van der Waals surface area contributed by atoms with Gasteiger partial charge in [0, 0.05) is 12.5 Å². The third kappa shape index (κ3) is 8.11. The monoisotopic (exact) mass is 510 g/mol. The fourth-order valence-electron chi connectivity index (χ4n) is 3.72. The van der Waals surface area contributed by atoms with E-state index in [9.17, 15) is 18.0 Å². The quantitative estimate of drug-likeness (QED) is 0.0791. The summed E-state index contributed by atoms with van der Waals surface area (Å²) in [4.78, 5) is 16.8. The lowest BCUT2D eigenvalue weighted by Crippen LogP contribution is -2.41. The van der Waals surface area contributed by atoms with Gasteiger partial charge in [0.25, 0.3) is 0 Å². The predicted molar refractivity (Wildman–Crippen MR) is 133 cm³/mol. The van der Waals surface area contributed by atoms with Crippen molar-refractivity contribution in [3.8, 4) is 0 Å². The molecule has 198 valence electrons. The van der Waals surface area contributed by atoms with Gasteiger partial charge >= 0.3 is 6.18 Å². The maximum atomic E-state index is 15.4. The van der Waals surface area contributed by atoms with E-state index in [0.29, 0.717) is 11.1 Å². The minimum absolute atomic E-state index is 0.0124.